The molecule has 0 amide bonds. The number of allylic oxidation sites excluding steroid dienone is 3. The van der Waals surface area contributed by atoms with E-state index in [1.54, 1.807) is 13.0 Å². The number of hydrogen-bond acceptors (Lipinski definition) is 1. The fraction of sp³-hybridized carbons (Fsp3) is 0.577. The van der Waals surface area contributed by atoms with Crippen LogP contribution in [0.3, 0.4) is 0 Å². The van der Waals surface area contributed by atoms with Crippen molar-refractivity contribution in [3.05, 3.63) is 58.7 Å². The first-order valence-corrected chi connectivity index (χ1v) is 11.0. The van der Waals surface area contributed by atoms with Gasteiger partial charge in [-0.15, -0.1) is 0 Å². The van der Waals surface area contributed by atoms with E-state index in [1.165, 1.54) is 12.1 Å². The predicted octanol–water partition coefficient (Wildman–Crippen LogP) is 8.27. The largest absolute Gasteiger partial charge is 0.416 e. The number of hydrogen-bond donors (Lipinski definition) is 0. The van der Waals surface area contributed by atoms with Crippen molar-refractivity contribution in [2.45, 2.75) is 92.2 Å². The maximum absolute atomic E-state index is 13.2. The van der Waals surface area contributed by atoms with Gasteiger partial charge in [-0.2, -0.15) is 13.2 Å². The molecule has 0 fully saturated rings. The molecule has 4 heteroatoms. The lowest BCUT2D eigenvalue weighted by molar-refractivity contribution is -0.137. The third-order valence-corrected chi connectivity index (χ3v) is 5.94. The summed E-state index contributed by atoms with van der Waals surface area (Å²) < 4.78 is 39.6. The number of ketones is 1. The molecule has 0 aliphatic carbocycles. The van der Waals surface area contributed by atoms with Crippen molar-refractivity contribution in [2.75, 3.05) is 0 Å². The Bertz CT molecular complexity index is 750. The lowest BCUT2D eigenvalue weighted by Gasteiger charge is -2.34. The molecule has 0 unspecified atom stereocenters. The Kier molecular flexibility index (Phi) is 10.1. The number of aryl methyl sites for hydroxylation is 1. The molecule has 0 spiro atoms. The second-order valence-electron chi connectivity index (χ2n) is 8.59. The number of Topliss-reactive ketones (excluding diaryl/α,β-unsaturated/α-hetero) is 1. The fourth-order valence-corrected chi connectivity index (χ4v) is 4.33. The molecule has 30 heavy (non-hydrogen) atoms. The van der Waals surface area contributed by atoms with E-state index >= 15 is 0 Å². The average Bonchev–Trinajstić information content (AvgIpc) is 2.65. The minimum atomic E-state index is -4.34. The molecule has 1 aromatic carbocycles. The third kappa shape index (κ3) is 7.77. The van der Waals surface area contributed by atoms with Crippen LogP contribution in [0.5, 0.6) is 0 Å². The highest BCUT2D eigenvalue weighted by Gasteiger charge is 2.32. The van der Waals surface area contributed by atoms with Crippen LogP contribution in [0.15, 0.2) is 42.0 Å². The molecule has 0 heterocycles. The molecule has 0 radical (unpaired) electrons. The van der Waals surface area contributed by atoms with Crippen molar-refractivity contribution in [3.8, 4) is 0 Å². The summed E-state index contributed by atoms with van der Waals surface area (Å²) in [5.41, 5.74) is 2.77. The van der Waals surface area contributed by atoms with Crippen molar-refractivity contribution in [1.29, 1.82) is 0 Å². The molecule has 1 rings (SSSR count). The molecule has 0 aliphatic rings. The summed E-state index contributed by atoms with van der Waals surface area (Å²) in [6.45, 7) is 13.9. The smallest absolute Gasteiger partial charge is 0.295 e. The van der Waals surface area contributed by atoms with E-state index in [0.29, 0.717) is 12.8 Å². The van der Waals surface area contributed by atoms with Crippen molar-refractivity contribution in [2.24, 2.45) is 5.41 Å². The summed E-state index contributed by atoms with van der Waals surface area (Å²) in [5.74, 6) is 0.0762. The van der Waals surface area contributed by atoms with E-state index in [4.69, 9.17) is 0 Å². The Morgan fingerprint density at radius 1 is 1.03 bits per heavy atom. The fourth-order valence-electron chi connectivity index (χ4n) is 4.33. The van der Waals surface area contributed by atoms with Gasteiger partial charge in [0.25, 0.3) is 0 Å². The van der Waals surface area contributed by atoms with Crippen LogP contribution in [0.1, 0.15) is 89.8 Å². The van der Waals surface area contributed by atoms with E-state index in [2.05, 4.69) is 20.4 Å². The number of rotatable bonds is 12. The zero-order chi connectivity index (χ0) is 22.9. The summed E-state index contributed by atoms with van der Waals surface area (Å²) >= 11 is 0. The van der Waals surface area contributed by atoms with Gasteiger partial charge in [-0.05, 0) is 86.6 Å². The SMILES string of the molecule is C=C(Cc1cc(C(F)(F)F)ccc1CC)CC(C/C=C(\C)C(C)=O)(CCC)CCC. The van der Waals surface area contributed by atoms with Gasteiger partial charge >= 0.3 is 6.18 Å². The highest BCUT2D eigenvalue weighted by Crippen LogP contribution is 2.41. The lowest BCUT2D eigenvalue weighted by atomic mass is 9.71. The number of carbonyl (C=O) groups excluding carboxylic acids is 1. The Labute approximate surface area is 180 Å². The van der Waals surface area contributed by atoms with Crippen molar-refractivity contribution >= 4 is 5.78 Å². The molecule has 0 N–H and O–H groups in total. The van der Waals surface area contributed by atoms with E-state index < -0.39 is 11.7 Å². The number of halogens is 3. The van der Waals surface area contributed by atoms with E-state index in [-0.39, 0.29) is 11.2 Å². The van der Waals surface area contributed by atoms with Gasteiger partial charge in [0, 0.05) is 0 Å². The van der Waals surface area contributed by atoms with Crippen LogP contribution in [0, 0.1) is 5.41 Å². The lowest BCUT2D eigenvalue weighted by Crippen LogP contribution is -2.22. The minimum Gasteiger partial charge on any atom is -0.295 e. The van der Waals surface area contributed by atoms with E-state index in [1.807, 2.05) is 19.9 Å². The maximum Gasteiger partial charge on any atom is 0.416 e. The number of alkyl halides is 3. The van der Waals surface area contributed by atoms with E-state index in [0.717, 1.165) is 60.8 Å². The van der Waals surface area contributed by atoms with E-state index in [9.17, 15) is 18.0 Å². The Hall–Kier alpha value is -1.84. The molecule has 1 nitrogen and oxygen atoms in total. The number of carbonyl (C=O) groups is 1. The number of benzene rings is 1. The summed E-state index contributed by atoms with van der Waals surface area (Å²) in [5, 5.41) is 0. The molecule has 168 valence electrons. The molecule has 0 aromatic heterocycles. The summed E-state index contributed by atoms with van der Waals surface area (Å²) in [6, 6.07) is 4.04. The molecule has 0 saturated carbocycles. The molecular weight excluding hydrogens is 385 g/mol. The van der Waals surface area contributed by atoms with Crippen molar-refractivity contribution in [1.82, 2.24) is 0 Å². The van der Waals surface area contributed by atoms with Crippen molar-refractivity contribution < 1.29 is 18.0 Å². The molecular formula is C26H37F3O. The van der Waals surface area contributed by atoms with Crippen LogP contribution >= 0.6 is 0 Å². The minimum absolute atomic E-state index is 0.00862. The van der Waals surface area contributed by atoms with Crippen LogP contribution in [0.4, 0.5) is 13.2 Å². The highest BCUT2D eigenvalue weighted by atomic mass is 19.4. The van der Waals surface area contributed by atoms with Gasteiger partial charge in [0.1, 0.15) is 0 Å². The first kappa shape index (κ1) is 26.2. The van der Waals surface area contributed by atoms with Crippen LogP contribution in [0.2, 0.25) is 0 Å². The Morgan fingerprint density at radius 3 is 2.10 bits per heavy atom. The van der Waals surface area contributed by atoms with Gasteiger partial charge in [-0.25, -0.2) is 0 Å². The molecule has 0 bridgehead atoms. The Morgan fingerprint density at radius 2 is 1.63 bits per heavy atom. The van der Waals surface area contributed by atoms with Gasteiger partial charge in [-0.1, -0.05) is 57.9 Å². The van der Waals surface area contributed by atoms with Gasteiger partial charge in [-0.3, -0.25) is 4.79 Å². The summed E-state index contributed by atoms with van der Waals surface area (Å²) in [4.78, 5) is 11.6. The van der Waals surface area contributed by atoms with Crippen LogP contribution in [-0.4, -0.2) is 5.78 Å². The second-order valence-corrected chi connectivity index (χ2v) is 8.59. The van der Waals surface area contributed by atoms with Gasteiger partial charge in [0.05, 0.1) is 5.56 Å². The molecule has 0 aliphatic heterocycles. The van der Waals surface area contributed by atoms with Gasteiger partial charge in [0.2, 0.25) is 0 Å². The molecule has 0 saturated heterocycles. The van der Waals surface area contributed by atoms with Crippen molar-refractivity contribution in [3.63, 3.8) is 0 Å². The monoisotopic (exact) mass is 422 g/mol. The zero-order valence-corrected chi connectivity index (χ0v) is 19.2. The topological polar surface area (TPSA) is 17.1 Å². The predicted molar refractivity (Wildman–Crippen MR) is 120 cm³/mol. The highest BCUT2D eigenvalue weighted by molar-refractivity contribution is 5.92. The summed E-state index contributed by atoms with van der Waals surface area (Å²) in [7, 11) is 0. The molecule has 0 atom stereocenters. The van der Waals surface area contributed by atoms with Crippen LogP contribution in [-0.2, 0) is 23.8 Å². The van der Waals surface area contributed by atoms with Gasteiger partial charge < -0.3 is 0 Å². The first-order valence-electron chi connectivity index (χ1n) is 11.0. The second kappa shape index (κ2) is 11.5. The quantitative estimate of drug-likeness (QED) is 0.245. The van der Waals surface area contributed by atoms with Crippen LogP contribution < -0.4 is 0 Å². The van der Waals surface area contributed by atoms with Crippen LogP contribution in [0.25, 0.3) is 0 Å². The maximum atomic E-state index is 13.2. The average molecular weight is 423 g/mol. The normalized spacial score (nSPS) is 12.9. The summed E-state index contributed by atoms with van der Waals surface area (Å²) in [6.07, 6.45) is 4.43. The zero-order valence-electron chi connectivity index (χ0n) is 19.2. The van der Waals surface area contributed by atoms with Gasteiger partial charge in [0.15, 0.2) is 5.78 Å². The Balaban J connectivity index is 3.15. The standard InChI is InChI=1S/C26H37F3O/c1-7-13-25(14-8-2,15-12-20(5)21(6)30)18-19(4)16-23-17-24(26(27,28)29)11-10-22(23)9-3/h10-12,17H,4,7-9,13-16,18H2,1-3,5-6H3/b20-12+. The first-order chi connectivity index (χ1) is 14.0. The molecule has 1 aromatic rings. The third-order valence-electron chi connectivity index (χ3n) is 5.94.